The van der Waals surface area contributed by atoms with E-state index in [-0.39, 0.29) is 6.04 Å². The van der Waals surface area contributed by atoms with Crippen LogP contribution in [-0.4, -0.2) is 21.2 Å². The number of rotatable bonds is 6. The molecule has 0 radical (unpaired) electrons. The van der Waals surface area contributed by atoms with Gasteiger partial charge in [0.25, 0.3) is 0 Å². The van der Waals surface area contributed by atoms with Crippen molar-refractivity contribution in [3.05, 3.63) is 41.7 Å². The normalized spacial score (nSPS) is 12.6. The Morgan fingerprint density at radius 2 is 2.21 bits per heavy atom. The lowest BCUT2D eigenvalue weighted by Gasteiger charge is -2.19. The molecule has 0 saturated heterocycles. The molecule has 1 aromatic heterocycles. The summed E-state index contributed by atoms with van der Waals surface area (Å²) in [5.41, 5.74) is 5.02. The van der Waals surface area contributed by atoms with Gasteiger partial charge >= 0.3 is 0 Å². The molecule has 0 bridgehead atoms. The van der Waals surface area contributed by atoms with E-state index in [9.17, 15) is 0 Å². The fraction of sp³-hybridized carbons (Fsp3) is 0.385. The minimum absolute atomic E-state index is 0.0924. The van der Waals surface area contributed by atoms with E-state index in [4.69, 9.17) is 5.84 Å². The van der Waals surface area contributed by atoms with Gasteiger partial charge in [0.1, 0.15) is 0 Å². The SMILES string of the molecule is CCCn1nncc1C(NN)c1ccccc1SC. The van der Waals surface area contributed by atoms with Crippen molar-refractivity contribution in [1.82, 2.24) is 20.4 Å². The highest BCUT2D eigenvalue weighted by Crippen LogP contribution is 2.29. The Kier molecular flexibility index (Phi) is 4.95. The Morgan fingerprint density at radius 1 is 1.42 bits per heavy atom. The number of hydrogen-bond acceptors (Lipinski definition) is 5. The molecule has 3 N–H and O–H groups in total. The minimum Gasteiger partial charge on any atom is -0.271 e. The van der Waals surface area contributed by atoms with Crippen molar-refractivity contribution < 1.29 is 0 Å². The predicted molar refractivity (Wildman–Crippen MR) is 77.7 cm³/mol. The highest BCUT2D eigenvalue weighted by Gasteiger charge is 2.20. The molecule has 1 heterocycles. The molecule has 5 nitrogen and oxygen atoms in total. The maximum Gasteiger partial charge on any atom is 0.0905 e. The molecular weight excluding hydrogens is 258 g/mol. The number of hydrazine groups is 1. The minimum atomic E-state index is -0.0924. The van der Waals surface area contributed by atoms with E-state index < -0.39 is 0 Å². The van der Waals surface area contributed by atoms with E-state index in [1.807, 2.05) is 16.8 Å². The van der Waals surface area contributed by atoms with Crippen LogP contribution < -0.4 is 11.3 Å². The van der Waals surface area contributed by atoms with Crippen molar-refractivity contribution in [3.63, 3.8) is 0 Å². The van der Waals surface area contributed by atoms with Crippen LogP contribution in [0, 0.1) is 0 Å². The largest absolute Gasteiger partial charge is 0.271 e. The number of benzene rings is 1. The summed E-state index contributed by atoms with van der Waals surface area (Å²) in [6, 6.07) is 8.14. The molecule has 0 amide bonds. The Morgan fingerprint density at radius 3 is 2.89 bits per heavy atom. The Balaban J connectivity index is 2.41. The average Bonchev–Trinajstić information content (AvgIpc) is 2.89. The van der Waals surface area contributed by atoms with Gasteiger partial charge in [-0.3, -0.25) is 5.84 Å². The topological polar surface area (TPSA) is 68.8 Å². The molecule has 102 valence electrons. The van der Waals surface area contributed by atoms with Gasteiger partial charge in [0.15, 0.2) is 0 Å². The summed E-state index contributed by atoms with van der Waals surface area (Å²) in [5.74, 6) is 5.76. The van der Waals surface area contributed by atoms with Gasteiger partial charge in [-0.2, -0.15) is 0 Å². The molecule has 2 rings (SSSR count). The molecule has 0 aliphatic carbocycles. The van der Waals surface area contributed by atoms with Crippen LogP contribution in [0.25, 0.3) is 0 Å². The third kappa shape index (κ3) is 2.97. The third-order valence-electron chi connectivity index (χ3n) is 3.00. The first kappa shape index (κ1) is 14.0. The standard InChI is InChI=1S/C13H19N5S/c1-3-8-18-11(9-15-17-18)13(16-14)10-6-4-5-7-12(10)19-2/h4-7,9,13,16H,3,8,14H2,1-2H3. The number of aromatic nitrogens is 3. The number of aryl methyl sites for hydroxylation is 1. The molecule has 0 fully saturated rings. The van der Waals surface area contributed by atoms with Gasteiger partial charge in [0, 0.05) is 11.4 Å². The Bertz CT molecular complexity index is 525. The molecule has 1 unspecified atom stereocenters. The van der Waals surface area contributed by atoms with Crippen molar-refractivity contribution in [3.8, 4) is 0 Å². The summed E-state index contributed by atoms with van der Waals surface area (Å²) < 4.78 is 1.90. The predicted octanol–water partition coefficient (Wildman–Crippen LogP) is 1.96. The van der Waals surface area contributed by atoms with Crippen molar-refractivity contribution in [1.29, 1.82) is 0 Å². The summed E-state index contributed by atoms with van der Waals surface area (Å²) in [7, 11) is 0. The van der Waals surface area contributed by atoms with Crippen LogP contribution in [0.5, 0.6) is 0 Å². The van der Waals surface area contributed by atoms with E-state index in [1.165, 1.54) is 4.90 Å². The number of thioether (sulfide) groups is 1. The van der Waals surface area contributed by atoms with Crippen molar-refractivity contribution >= 4 is 11.8 Å². The van der Waals surface area contributed by atoms with Crippen LogP contribution in [0.15, 0.2) is 35.4 Å². The van der Waals surface area contributed by atoms with E-state index in [2.05, 4.69) is 41.1 Å². The average molecular weight is 277 g/mol. The quantitative estimate of drug-likeness (QED) is 0.480. The smallest absolute Gasteiger partial charge is 0.0905 e. The summed E-state index contributed by atoms with van der Waals surface area (Å²) in [6.07, 6.45) is 4.85. The molecule has 6 heteroatoms. The van der Waals surface area contributed by atoms with Gasteiger partial charge in [-0.15, -0.1) is 16.9 Å². The van der Waals surface area contributed by atoms with Crippen LogP contribution in [0.3, 0.4) is 0 Å². The molecule has 0 aliphatic heterocycles. The summed E-state index contributed by atoms with van der Waals surface area (Å²) >= 11 is 1.71. The Labute approximate surface area is 117 Å². The maximum atomic E-state index is 5.76. The molecular formula is C13H19N5S. The fourth-order valence-corrected chi connectivity index (χ4v) is 2.75. The van der Waals surface area contributed by atoms with E-state index in [0.29, 0.717) is 0 Å². The third-order valence-corrected chi connectivity index (χ3v) is 3.81. The molecule has 0 saturated carbocycles. The van der Waals surface area contributed by atoms with E-state index in [0.717, 1.165) is 24.2 Å². The number of hydrogen-bond donors (Lipinski definition) is 2. The van der Waals surface area contributed by atoms with Gasteiger partial charge in [-0.1, -0.05) is 30.3 Å². The number of nitrogens with zero attached hydrogens (tertiary/aromatic N) is 3. The highest BCUT2D eigenvalue weighted by atomic mass is 32.2. The number of nitrogens with one attached hydrogen (secondary N) is 1. The summed E-state index contributed by atoms with van der Waals surface area (Å²) in [6.45, 7) is 2.96. The first-order valence-corrected chi connectivity index (χ1v) is 7.51. The molecule has 1 atom stereocenters. The molecule has 0 aliphatic rings. The second-order valence-electron chi connectivity index (χ2n) is 4.22. The lowest BCUT2D eigenvalue weighted by molar-refractivity contribution is 0.509. The second kappa shape index (κ2) is 6.70. The van der Waals surface area contributed by atoms with Crippen LogP contribution in [-0.2, 0) is 6.54 Å². The molecule has 2 aromatic rings. The zero-order valence-electron chi connectivity index (χ0n) is 11.2. The van der Waals surface area contributed by atoms with Crippen molar-refractivity contribution in [2.75, 3.05) is 6.26 Å². The van der Waals surface area contributed by atoms with Gasteiger partial charge < -0.3 is 0 Å². The lowest BCUT2D eigenvalue weighted by atomic mass is 10.0. The van der Waals surface area contributed by atoms with Crippen LogP contribution in [0.2, 0.25) is 0 Å². The van der Waals surface area contributed by atoms with Gasteiger partial charge in [0.2, 0.25) is 0 Å². The van der Waals surface area contributed by atoms with Gasteiger partial charge in [0.05, 0.1) is 17.9 Å². The highest BCUT2D eigenvalue weighted by molar-refractivity contribution is 7.98. The second-order valence-corrected chi connectivity index (χ2v) is 5.07. The van der Waals surface area contributed by atoms with Crippen molar-refractivity contribution in [2.24, 2.45) is 5.84 Å². The van der Waals surface area contributed by atoms with Crippen LogP contribution in [0.4, 0.5) is 0 Å². The van der Waals surface area contributed by atoms with Crippen molar-refractivity contribution in [2.45, 2.75) is 30.8 Å². The Hall–Kier alpha value is -1.37. The van der Waals surface area contributed by atoms with Gasteiger partial charge in [-0.05, 0) is 24.3 Å². The number of nitrogens with two attached hydrogens (primary N) is 1. The molecule has 1 aromatic carbocycles. The first-order valence-electron chi connectivity index (χ1n) is 6.29. The monoisotopic (exact) mass is 277 g/mol. The molecule has 0 spiro atoms. The summed E-state index contributed by atoms with van der Waals surface area (Å²) in [5, 5.41) is 8.12. The maximum absolute atomic E-state index is 5.76. The first-order chi connectivity index (χ1) is 9.31. The zero-order valence-corrected chi connectivity index (χ0v) is 12.0. The molecule has 19 heavy (non-hydrogen) atoms. The van der Waals surface area contributed by atoms with Crippen LogP contribution >= 0.6 is 11.8 Å². The van der Waals surface area contributed by atoms with E-state index in [1.54, 1.807) is 18.0 Å². The van der Waals surface area contributed by atoms with Crippen LogP contribution in [0.1, 0.15) is 30.6 Å². The zero-order chi connectivity index (χ0) is 13.7. The lowest BCUT2D eigenvalue weighted by Crippen LogP contribution is -2.31. The van der Waals surface area contributed by atoms with Gasteiger partial charge in [-0.25, -0.2) is 10.1 Å². The fourth-order valence-electron chi connectivity index (χ4n) is 2.11. The summed E-state index contributed by atoms with van der Waals surface area (Å²) in [4.78, 5) is 1.20. The van der Waals surface area contributed by atoms with E-state index >= 15 is 0 Å².